The summed E-state index contributed by atoms with van der Waals surface area (Å²) >= 11 is 0. The van der Waals surface area contributed by atoms with E-state index in [4.69, 9.17) is 11.1 Å². The van der Waals surface area contributed by atoms with Gasteiger partial charge in [0, 0.05) is 16.7 Å². The van der Waals surface area contributed by atoms with E-state index in [2.05, 4.69) is 15.4 Å². The van der Waals surface area contributed by atoms with Crippen LogP contribution >= 0.6 is 0 Å². The number of nitrogen functional groups attached to an aromatic ring is 1. The highest BCUT2D eigenvalue weighted by molar-refractivity contribution is 5.94. The maximum atomic E-state index is 14.0. The van der Waals surface area contributed by atoms with E-state index in [9.17, 15) is 4.39 Å². The monoisotopic (exact) mass is 296 g/mol. The summed E-state index contributed by atoms with van der Waals surface area (Å²) in [6, 6.07) is 13.8. The topological polar surface area (TPSA) is 93.5 Å². The number of tetrazole rings is 1. The molecule has 7 heteroatoms. The number of nitrogens with two attached hydrogens (primary N) is 1. The lowest BCUT2D eigenvalue weighted by molar-refractivity contribution is 0.539. The average molecular weight is 296 g/mol. The molecule has 110 valence electrons. The lowest BCUT2D eigenvalue weighted by atomic mass is 10.1. The summed E-state index contributed by atoms with van der Waals surface area (Å²) in [6.45, 7) is 0.157. The minimum absolute atomic E-state index is 0.157. The number of nitrogens with zero attached hydrogens (tertiary/aromatic N) is 4. The highest BCUT2D eigenvalue weighted by Gasteiger charge is 2.09. The zero-order chi connectivity index (χ0) is 15.5. The van der Waals surface area contributed by atoms with Crippen molar-refractivity contribution in [1.82, 2.24) is 20.2 Å². The first-order chi connectivity index (χ1) is 10.6. The molecule has 0 saturated carbocycles. The van der Waals surface area contributed by atoms with Gasteiger partial charge in [-0.1, -0.05) is 42.5 Å². The molecule has 3 rings (SSSR count). The Morgan fingerprint density at radius 3 is 2.64 bits per heavy atom. The first kappa shape index (κ1) is 13.9. The van der Waals surface area contributed by atoms with E-state index in [0.29, 0.717) is 17.0 Å². The molecule has 0 unspecified atom stereocenters. The van der Waals surface area contributed by atoms with Crippen LogP contribution in [0.4, 0.5) is 4.39 Å². The standard InChI is InChI=1S/C15H13FN6/c16-13-8-11(14(17)18)6-7-12(13)9-22-20-15(19-21-22)10-4-2-1-3-5-10/h1-8H,9H2,(H3,17,18). The SMILES string of the molecule is N=C(N)c1ccc(Cn2nnc(-c3ccccc3)n2)c(F)c1. The Labute approximate surface area is 125 Å². The number of halogens is 1. The molecule has 0 aliphatic rings. The number of hydrogen-bond donors (Lipinski definition) is 2. The van der Waals surface area contributed by atoms with Crippen molar-refractivity contribution in [1.29, 1.82) is 5.41 Å². The Morgan fingerprint density at radius 1 is 1.18 bits per heavy atom. The van der Waals surface area contributed by atoms with Crippen molar-refractivity contribution >= 4 is 5.84 Å². The van der Waals surface area contributed by atoms with Crippen LogP contribution in [0.2, 0.25) is 0 Å². The number of amidine groups is 1. The van der Waals surface area contributed by atoms with Crippen molar-refractivity contribution in [3.8, 4) is 11.4 Å². The molecule has 22 heavy (non-hydrogen) atoms. The second-order valence-corrected chi connectivity index (χ2v) is 4.73. The Kier molecular flexibility index (Phi) is 3.61. The summed E-state index contributed by atoms with van der Waals surface area (Å²) in [5.74, 6) is -0.136. The van der Waals surface area contributed by atoms with Crippen LogP contribution in [-0.2, 0) is 6.54 Å². The number of rotatable bonds is 4. The molecule has 0 aliphatic carbocycles. The lowest BCUT2D eigenvalue weighted by Crippen LogP contribution is -2.12. The Bertz CT molecular complexity index is 812. The zero-order valence-corrected chi connectivity index (χ0v) is 11.6. The summed E-state index contributed by atoms with van der Waals surface area (Å²) in [6.07, 6.45) is 0. The largest absolute Gasteiger partial charge is 0.384 e. The van der Waals surface area contributed by atoms with Gasteiger partial charge in [-0.05, 0) is 11.3 Å². The van der Waals surface area contributed by atoms with Gasteiger partial charge in [-0.15, -0.1) is 10.2 Å². The molecule has 3 N–H and O–H groups in total. The molecule has 0 radical (unpaired) electrons. The summed E-state index contributed by atoms with van der Waals surface area (Å²) in [5, 5.41) is 19.4. The summed E-state index contributed by atoms with van der Waals surface area (Å²) < 4.78 is 14.0. The van der Waals surface area contributed by atoms with E-state index in [1.807, 2.05) is 30.3 Å². The average Bonchev–Trinajstić information content (AvgIpc) is 2.98. The second-order valence-electron chi connectivity index (χ2n) is 4.73. The third-order valence-electron chi connectivity index (χ3n) is 3.16. The van der Waals surface area contributed by atoms with Crippen molar-refractivity contribution in [3.05, 3.63) is 65.5 Å². The molecule has 6 nitrogen and oxygen atoms in total. The fourth-order valence-electron chi connectivity index (χ4n) is 2.01. The highest BCUT2D eigenvalue weighted by Crippen LogP contribution is 2.14. The van der Waals surface area contributed by atoms with Gasteiger partial charge in [0.15, 0.2) is 0 Å². The van der Waals surface area contributed by atoms with E-state index in [0.717, 1.165) is 5.56 Å². The van der Waals surface area contributed by atoms with Gasteiger partial charge in [0.2, 0.25) is 5.82 Å². The van der Waals surface area contributed by atoms with Gasteiger partial charge in [0.25, 0.3) is 0 Å². The fourth-order valence-corrected chi connectivity index (χ4v) is 2.01. The molecule has 2 aromatic carbocycles. The second kappa shape index (κ2) is 5.72. The molecule has 0 saturated heterocycles. The number of hydrogen-bond acceptors (Lipinski definition) is 4. The van der Waals surface area contributed by atoms with Gasteiger partial charge in [-0.25, -0.2) is 4.39 Å². The molecular formula is C15H13FN6. The smallest absolute Gasteiger partial charge is 0.204 e. The third-order valence-corrected chi connectivity index (χ3v) is 3.16. The molecule has 0 amide bonds. The van der Waals surface area contributed by atoms with Crippen LogP contribution in [-0.4, -0.2) is 26.0 Å². The van der Waals surface area contributed by atoms with Gasteiger partial charge < -0.3 is 5.73 Å². The van der Waals surface area contributed by atoms with Gasteiger partial charge in [-0.2, -0.15) is 4.80 Å². The first-order valence-corrected chi connectivity index (χ1v) is 6.59. The Hall–Kier alpha value is -3.09. The summed E-state index contributed by atoms with van der Waals surface area (Å²) in [4.78, 5) is 1.33. The Balaban J connectivity index is 1.82. The molecule has 0 aliphatic heterocycles. The van der Waals surface area contributed by atoms with Crippen LogP contribution in [0.25, 0.3) is 11.4 Å². The lowest BCUT2D eigenvalue weighted by Gasteiger charge is -2.04. The normalized spacial score (nSPS) is 10.6. The highest BCUT2D eigenvalue weighted by atomic mass is 19.1. The molecule has 1 aromatic heterocycles. The van der Waals surface area contributed by atoms with Gasteiger partial charge >= 0.3 is 0 Å². The molecule has 0 atom stereocenters. The van der Waals surface area contributed by atoms with Crippen molar-refractivity contribution in [2.45, 2.75) is 6.54 Å². The maximum absolute atomic E-state index is 14.0. The number of benzene rings is 2. The van der Waals surface area contributed by atoms with Crippen molar-refractivity contribution < 1.29 is 4.39 Å². The van der Waals surface area contributed by atoms with Crippen LogP contribution in [0.3, 0.4) is 0 Å². The van der Waals surface area contributed by atoms with E-state index < -0.39 is 5.82 Å². The summed E-state index contributed by atoms with van der Waals surface area (Å²) in [5.41, 5.74) is 6.93. The van der Waals surface area contributed by atoms with Crippen LogP contribution in [0.15, 0.2) is 48.5 Å². The Morgan fingerprint density at radius 2 is 1.95 bits per heavy atom. The number of aromatic nitrogens is 4. The van der Waals surface area contributed by atoms with E-state index in [1.165, 1.54) is 10.9 Å². The predicted molar refractivity (Wildman–Crippen MR) is 79.8 cm³/mol. The fraction of sp³-hybridized carbons (Fsp3) is 0.0667. The quantitative estimate of drug-likeness (QED) is 0.567. The first-order valence-electron chi connectivity index (χ1n) is 6.59. The molecular weight excluding hydrogens is 283 g/mol. The third kappa shape index (κ3) is 2.83. The van der Waals surface area contributed by atoms with E-state index in [1.54, 1.807) is 12.1 Å². The van der Waals surface area contributed by atoms with Crippen molar-refractivity contribution in [2.75, 3.05) is 0 Å². The molecule has 1 heterocycles. The van der Waals surface area contributed by atoms with E-state index >= 15 is 0 Å². The van der Waals surface area contributed by atoms with Gasteiger partial charge in [-0.3, -0.25) is 5.41 Å². The predicted octanol–water partition coefficient (Wildman–Crippen LogP) is 1.81. The van der Waals surface area contributed by atoms with Gasteiger partial charge in [0.1, 0.15) is 11.7 Å². The van der Waals surface area contributed by atoms with Crippen molar-refractivity contribution in [3.63, 3.8) is 0 Å². The minimum Gasteiger partial charge on any atom is -0.384 e. The molecule has 0 fully saturated rings. The van der Waals surface area contributed by atoms with Gasteiger partial charge in [0.05, 0.1) is 6.54 Å². The van der Waals surface area contributed by atoms with Crippen LogP contribution in [0, 0.1) is 11.2 Å². The zero-order valence-electron chi connectivity index (χ0n) is 11.6. The molecule has 3 aromatic rings. The molecule has 0 spiro atoms. The number of nitrogens with one attached hydrogen (secondary N) is 1. The molecule has 0 bridgehead atoms. The van der Waals surface area contributed by atoms with Crippen molar-refractivity contribution in [2.24, 2.45) is 5.73 Å². The van der Waals surface area contributed by atoms with Crippen LogP contribution in [0.5, 0.6) is 0 Å². The van der Waals surface area contributed by atoms with Crippen LogP contribution in [0.1, 0.15) is 11.1 Å². The van der Waals surface area contributed by atoms with E-state index in [-0.39, 0.29) is 12.4 Å². The summed E-state index contributed by atoms with van der Waals surface area (Å²) in [7, 11) is 0. The maximum Gasteiger partial charge on any atom is 0.204 e. The van der Waals surface area contributed by atoms with Crippen LogP contribution < -0.4 is 5.73 Å². The minimum atomic E-state index is -0.453.